The van der Waals surface area contributed by atoms with Gasteiger partial charge in [0.2, 0.25) is 5.69 Å². The van der Waals surface area contributed by atoms with Gasteiger partial charge in [0.25, 0.3) is 0 Å². The lowest BCUT2D eigenvalue weighted by atomic mass is 10.3. The minimum atomic E-state index is -1.16. The Labute approximate surface area is 68.6 Å². The highest BCUT2D eigenvalue weighted by Crippen LogP contribution is 2.11. The molecule has 62 valence electrons. The van der Waals surface area contributed by atoms with Crippen LogP contribution in [-0.4, -0.2) is 11.1 Å². The first-order valence-corrected chi connectivity index (χ1v) is 2.62. The number of nitrogens with two attached hydrogens (primary N) is 1. The molecule has 6 heteroatoms. The van der Waals surface area contributed by atoms with E-state index in [0.717, 1.165) is 0 Å². The van der Waals surface area contributed by atoms with Crippen molar-refractivity contribution in [2.24, 2.45) is 0 Å². The van der Waals surface area contributed by atoms with E-state index in [0.29, 0.717) is 5.69 Å². The van der Waals surface area contributed by atoms with Gasteiger partial charge in [0.05, 0.1) is 0 Å². The van der Waals surface area contributed by atoms with Gasteiger partial charge in [-0.15, -0.1) is 0 Å². The Morgan fingerprint density at radius 1 is 1.73 bits per heavy atom. The molecule has 1 heterocycles. The van der Waals surface area contributed by atoms with Crippen LogP contribution in [0.25, 0.3) is 0 Å². The molecule has 1 aromatic heterocycles. The Morgan fingerprint density at radius 3 is 2.45 bits per heavy atom. The van der Waals surface area contributed by atoms with Crippen LogP contribution in [0.2, 0.25) is 0 Å². The van der Waals surface area contributed by atoms with Crippen molar-refractivity contribution < 1.29 is 32.0 Å². The number of aryl methyl sites for hydroxylation is 1. The fraction of sp³-hybridized carbons (Fsp3) is 0.200. The van der Waals surface area contributed by atoms with Gasteiger partial charge in [0.1, 0.15) is 0 Å². The number of halogens is 1. The molecule has 0 saturated carbocycles. The standard InChI is InChI=1S/C5H6N2O3.ClH/c1-2-3(6)4(5(8)9)10-7-2;/h6H2,1H3,(H,8,9);1H. The summed E-state index contributed by atoms with van der Waals surface area (Å²) in [6, 6.07) is 0. The van der Waals surface area contributed by atoms with E-state index in [4.69, 9.17) is 10.8 Å². The monoisotopic (exact) mass is 178 g/mol. The zero-order valence-corrected chi connectivity index (χ0v) is 6.47. The van der Waals surface area contributed by atoms with Crippen LogP contribution in [0.5, 0.6) is 0 Å². The van der Waals surface area contributed by atoms with Crippen LogP contribution < -0.4 is 23.3 Å². The second kappa shape index (κ2) is 3.25. The largest absolute Gasteiger partial charge is 1.00 e. The fourth-order valence-electron chi connectivity index (χ4n) is 0.567. The van der Waals surface area contributed by atoms with Gasteiger partial charge in [-0.25, -0.2) is 9.32 Å². The van der Waals surface area contributed by atoms with Crippen molar-refractivity contribution in [3.05, 3.63) is 11.5 Å². The number of anilines is 1. The molecule has 4 N–H and O–H groups in total. The number of H-pyrrole nitrogens is 1. The quantitative estimate of drug-likeness (QED) is 0.471. The van der Waals surface area contributed by atoms with Gasteiger partial charge >= 0.3 is 11.7 Å². The maximum atomic E-state index is 10.2. The van der Waals surface area contributed by atoms with E-state index < -0.39 is 5.97 Å². The molecule has 0 spiro atoms. The van der Waals surface area contributed by atoms with Crippen molar-refractivity contribution in [1.29, 1.82) is 0 Å². The molecule has 0 aliphatic carbocycles. The molecule has 11 heavy (non-hydrogen) atoms. The number of carboxylic acid groups (broad SMARTS) is 1. The molecule has 5 nitrogen and oxygen atoms in total. The molecular formula is C5H7ClN2O3. The Balaban J connectivity index is 0.000001000. The van der Waals surface area contributed by atoms with Crippen molar-refractivity contribution in [2.75, 3.05) is 5.73 Å². The molecule has 0 aliphatic heterocycles. The van der Waals surface area contributed by atoms with Crippen molar-refractivity contribution >= 4 is 11.7 Å². The first kappa shape index (κ1) is 9.77. The van der Waals surface area contributed by atoms with Crippen LogP contribution in [0.15, 0.2) is 4.52 Å². The summed E-state index contributed by atoms with van der Waals surface area (Å²) in [7, 11) is 0. The Bertz CT molecular complexity index is 271. The van der Waals surface area contributed by atoms with Crippen molar-refractivity contribution in [1.82, 2.24) is 0 Å². The maximum Gasteiger partial charge on any atom is 0.381 e. The summed E-state index contributed by atoms with van der Waals surface area (Å²) in [6.07, 6.45) is 0. The van der Waals surface area contributed by atoms with Gasteiger partial charge in [-0.3, -0.25) is 0 Å². The van der Waals surface area contributed by atoms with Crippen LogP contribution in [0, 0.1) is 6.92 Å². The van der Waals surface area contributed by atoms with E-state index >= 15 is 0 Å². The highest BCUT2D eigenvalue weighted by atomic mass is 35.5. The SMILES string of the molecule is Cc1[nH+]oc(C(=O)O)c1N.[Cl-]. The topological polar surface area (TPSA) is 90.6 Å². The molecule has 0 aromatic carbocycles. The third-order valence-corrected chi connectivity index (χ3v) is 1.15. The number of aromatic carboxylic acids is 1. The summed E-state index contributed by atoms with van der Waals surface area (Å²) >= 11 is 0. The number of rotatable bonds is 1. The lowest BCUT2D eigenvalue weighted by molar-refractivity contribution is -0.614. The molecule has 0 bridgehead atoms. The molecule has 0 radical (unpaired) electrons. The second-order valence-corrected chi connectivity index (χ2v) is 1.88. The zero-order valence-electron chi connectivity index (χ0n) is 5.72. The molecular weight excluding hydrogens is 172 g/mol. The molecule has 0 unspecified atom stereocenters. The first-order chi connectivity index (χ1) is 4.63. The number of hydrogen-bond acceptors (Lipinski definition) is 3. The molecule has 0 atom stereocenters. The van der Waals surface area contributed by atoms with Gasteiger partial charge in [0, 0.05) is 6.92 Å². The van der Waals surface area contributed by atoms with Gasteiger partial charge in [0.15, 0.2) is 5.69 Å². The van der Waals surface area contributed by atoms with E-state index in [1.54, 1.807) is 6.92 Å². The highest BCUT2D eigenvalue weighted by molar-refractivity contribution is 5.90. The average molecular weight is 179 g/mol. The van der Waals surface area contributed by atoms with Gasteiger partial charge in [-0.2, -0.15) is 0 Å². The summed E-state index contributed by atoms with van der Waals surface area (Å²) in [5, 5.41) is 10.7. The first-order valence-electron chi connectivity index (χ1n) is 2.62. The lowest BCUT2D eigenvalue weighted by Crippen LogP contribution is -3.00. The third kappa shape index (κ3) is 1.62. The van der Waals surface area contributed by atoms with Crippen molar-refractivity contribution in [2.45, 2.75) is 6.92 Å². The van der Waals surface area contributed by atoms with Gasteiger partial charge in [-0.05, 0) is 5.16 Å². The smallest absolute Gasteiger partial charge is 0.381 e. The third-order valence-electron chi connectivity index (χ3n) is 1.15. The number of nitrogens with one attached hydrogen (secondary N) is 1. The van der Waals surface area contributed by atoms with E-state index in [2.05, 4.69) is 9.68 Å². The second-order valence-electron chi connectivity index (χ2n) is 1.88. The zero-order chi connectivity index (χ0) is 7.72. The van der Waals surface area contributed by atoms with Crippen molar-refractivity contribution in [3.8, 4) is 0 Å². The van der Waals surface area contributed by atoms with E-state index in [-0.39, 0.29) is 23.9 Å². The fourth-order valence-corrected chi connectivity index (χ4v) is 0.567. The lowest BCUT2D eigenvalue weighted by Gasteiger charge is -1.81. The summed E-state index contributed by atoms with van der Waals surface area (Å²) in [5.41, 5.74) is 5.97. The van der Waals surface area contributed by atoms with E-state index in [1.165, 1.54) is 0 Å². The summed E-state index contributed by atoms with van der Waals surface area (Å²) < 4.78 is 4.51. The number of aromatic amines is 1. The van der Waals surface area contributed by atoms with E-state index in [1.807, 2.05) is 0 Å². The van der Waals surface area contributed by atoms with Crippen LogP contribution in [0.1, 0.15) is 16.2 Å². The summed E-state index contributed by atoms with van der Waals surface area (Å²) in [5.74, 6) is -1.40. The number of carboxylic acids is 1. The highest BCUT2D eigenvalue weighted by Gasteiger charge is 2.20. The van der Waals surface area contributed by atoms with Crippen LogP contribution in [-0.2, 0) is 0 Å². The van der Waals surface area contributed by atoms with Crippen molar-refractivity contribution in [3.63, 3.8) is 0 Å². The summed E-state index contributed by atoms with van der Waals surface area (Å²) in [4.78, 5) is 10.2. The molecule has 1 aromatic rings. The predicted octanol–water partition coefficient (Wildman–Crippen LogP) is -3.31. The minimum Gasteiger partial charge on any atom is -1.00 e. The summed E-state index contributed by atoms with van der Waals surface area (Å²) in [6.45, 7) is 1.63. The Morgan fingerprint density at radius 2 is 2.27 bits per heavy atom. The van der Waals surface area contributed by atoms with Gasteiger partial charge < -0.3 is 23.2 Å². The van der Waals surface area contributed by atoms with Gasteiger partial charge in [-0.1, -0.05) is 0 Å². The molecule has 1 rings (SSSR count). The van der Waals surface area contributed by atoms with Crippen LogP contribution in [0.3, 0.4) is 0 Å². The number of hydrogen-bond donors (Lipinski definition) is 2. The number of nitrogen functional groups attached to an aromatic ring is 1. The van der Waals surface area contributed by atoms with Crippen LogP contribution in [0.4, 0.5) is 5.69 Å². The Hall–Kier alpha value is -1.23. The maximum absolute atomic E-state index is 10.2. The molecule has 0 amide bonds. The predicted molar refractivity (Wildman–Crippen MR) is 31.4 cm³/mol. The normalized spacial score (nSPS) is 8.82. The number of carbonyl (C=O) groups is 1. The van der Waals surface area contributed by atoms with E-state index in [9.17, 15) is 4.79 Å². The molecule has 0 fully saturated rings. The molecule has 0 saturated heterocycles. The molecule has 0 aliphatic rings. The Kier molecular flexibility index (Phi) is 2.88. The average Bonchev–Trinajstić information content (AvgIpc) is 2.14. The minimum absolute atomic E-state index is 0. The van der Waals surface area contributed by atoms with Crippen LogP contribution >= 0.6 is 0 Å². The number of aromatic nitrogens is 1.